The van der Waals surface area contributed by atoms with Crippen LogP contribution in [0.2, 0.25) is 5.02 Å². The summed E-state index contributed by atoms with van der Waals surface area (Å²) in [5.41, 5.74) is 1.40. The van der Waals surface area contributed by atoms with Crippen LogP contribution in [0.1, 0.15) is 6.92 Å². The van der Waals surface area contributed by atoms with Crippen LogP contribution in [0.25, 0.3) is 22.2 Å². The molecule has 3 heterocycles. The van der Waals surface area contributed by atoms with Gasteiger partial charge in [0.15, 0.2) is 0 Å². The molecule has 0 spiro atoms. The number of aromatic nitrogens is 3. The minimum absolute atomic E-state index is 0.125. The van der Waals surface area contributed by atoms with E-state index in [-0.39, 0.29) is 17.5 Å². The van der Waals surface area contributed by atoms with Crippen LogP contribution in [-0.4, -0.2) is 44.9 Å². The smallest absolute Gasteiger partial charge is 0.257 e. The number of aromatic amines is 1. The molecule has 2 fully saturated rings. The molecule has 1 aromatic carbocycles. The van der Waals surface area contributed by atoms with Crippen molar-refractivity contribution in [2.24, 2.45) is 11.8 Å². The average molecular weight is 396 g/mol. The van der Waals surface area contributed by atoms with Gasteiger partial charge in [-0.25, -0.2) is 4.98 Å². The monoisotopic (exact) mass is 395 g/mol. The lowest BCUT2D eigenvalue weighted by atomic mass is 10.1. The van der Waals surface area contributed by atoms with Crippen LogP contribution >= 0.6 is 11.6 Å². The first-order valence-corrected chi connectivity index (χ1v) is 9.56. The van der Waals surface area contributed by atoms with Crippen LogP contribution in [0.5, 0.6) is 0 Å². The van der Waals surface area contributed by atoms with Gasteiger partial charge in [0.25, 0.3) is 5.56 Å². The molecule has 8 heteroatoms. The van der Waals surface area contributed by atoms with Crippen LogP contribution in [0, 0.1) is 11.8 Å². The molecular formula is C20H18ClN5O2. The standard InChI is InChI=1S/C20H18ClN5O2/c1-10(27)26-8-14-15(9-26)17(14)23-20-22-7-11-6-13(19(28)24-18(11)25-20)12-4-2-3-5-16(12)21/h2-7,14-15,17H,8-9H2,1H3,(H2,22,23,24,25,28). The Balaban J connectivity index is 1.39. The van der Waals surface area contributed by atoms with Crippen LogP contribution in [0.3, 0.4) is 0 Å². The highest BCUT2D eigenvalue weighted by Gasteiger charge is 2.56. The Morgan fingerprint density at radius 2 is 2.00 bits per heavy atom. The molecule has 0 radical (unpaired) electrons. The number of nitrogens with zero attached hydrogens (tertiary/aromatic N) is 3. The van der Waals surface area contributed by atoms with Gasteiger partial charge in [0.05, 0.1) is 0 Å². The fourth-order valence-corrected chi connectivity index (χ4v) is 4.33. The number of hydrogen-bond acceptors (Lipinski definition) is 5. The van der Waals surface area contributed by atoms with Gasteiger partial charge in [-0.1, -0.05) is 29.8 Å². The van der Waals surface area contributed by atoms with Gasteiger partial charge in [0, 0.05) is 65.6 Å². The molecule has 5 rings (SSSR count). The van der Waals surface area contributed by atoms with Crippen LogP contribution < -0.4 is 10.9 Å². The van der Waals surface area contributed by atoms with Gasteiger partial charge in [-0.15, -0.1) is 0 Å². The van der Waals surface area contributed by atoms with E-state index in [2.05, 4.69) is 20.3 Å². The topological polar surface area (TPSA) is 91.0 Å². The second-order valence-corrected chi connectivity index (χ2v) is 7.82. The number of benzene rings is 1. The van der Waals surface area contributed by atoms with E-state index in [1.54, 1.807) is 25.3 Å². The van der Waals surface area contributed by atoms with E-state index in [9.17, 15) is 9.59 Å². The Labute approximate surface area is 165 Å². The minimum atomic E-state index is -0.245. The van der Waals surface area contributed by atoms with E-state index in [4.69, 9.17) is 11.6 Å². The number of fused-ring (bicyclic) bond motifs is 2. The largest absolute Gasteiger partial charge is 0.351 e. The summed E-state index contributed by atoms with van der Waals surface area (Å²) < 4.78 is 0. The number of rotatable bonds is 3. The number of piperidine rings is 1. The second-order valence-electron chi connectivity index (χ2n) is 7.41. The maximum absolute atomic E-state index is 12.6. The Morgan fingerprint density at radius 3 is 2.71 bits per heavy atom. The maximum atomic E-state index is 12.6. The summed E-state index contributed by atoms with van der Waals surface area (Å²) >= 11 is 6.23. The Hall–Kier alpha value is -2.93. The summed E-state index contributed by atoms with van der Waals surface area (Å²) in [4.78, 5) is 37.6. The number of anilines is 1. The van der Waals surface area contributed by atoms with E-state index >= 15 is 0 Å². The third-order valence-corrected chi connectivity index (χ3v) is 6.02. The zero-order valence-electron chi connectivity index (χ0n) is 15.1. The lowest BCUT2D eigenvalue weighted by molar-refractivity contribution is -0.128. The van der Waals surface area contributed by atoms with Gasteiger partial charge >= 0.3 is 0 Å². The van der Waals surface area contributed by atoms with Crippen molar-refractivity contribution in [2.75, 3.05) is 18.4 Å². The van der Waals surface area contributed by atoms with E-state index in [1.165, 1.54) is 0 Å². The highest BCUT2D eigenvalue weighted by Crippen LogP contribution is 2.46. The van der Waals surface area contributed by atoms with Crippen molar-refractivity contribution < 1.29 is 4.79 Å². The molecule has 1 aliphatic carbocycles. The number of carbonyl (C=O) groups excluding carboxylic acids is 1. The van der Waals surface area contributed by atoms with E-state index < -0.39 is 0 Å². The molecule has 3 aromatic rings. The summed E-state index contributed by atoms with van der Waals surface area (Å²) in [6.07, 6.45) is 1.70. The predicted octanol–water partition coefficient (Wildman–Crippen LogP) is 2.53. The molecule has 28 heavy (non-hydrogen) atoms. The molecule has 1 aliphatic heterocycles. The lowest BCUT2D eigenvalue weighted by Gasteiger charge is -2.18. The van der Waals surface area contributed by atoms with Gasteiger partial charge in [0.1, 0.15) is 5.65 Å². The molecular weight excluding hydrogens is 378 g/mol. The Morgan fingerprint density at radius 1 is 1.25 bits per heavy atom. The summed E-state index contributed by atoms with van der Waals surface area (Å²) in [6.45, 7) is 3.17. The molecule has 2 aromatic heterocycles. The third-order valence-electron chi connectivity index (χ3n) is 5.69. The number of pyridine rings is 1. The third kappa shape index (κ3) is 2.82. The van der Waals surface area contributed by atoms with Gasteiger partial charge in [0.2, 0.25) is 11.9 Å². The average Bonchev–Trinajstić information content (AvgIpc) is 3.10. The first-order valence-electron chi connectivity index (χ1n) is 9.18. The number of likely N-dealkylation sites (tertiary alicyclic amines) is 1. The molecule has 2 atom stereocenters. The quantitative estimate of drug-likeness (QED) is 0.711. The first kappa shape index (κ1) is 17.2. The number of nitrogens with one attached hydrogen (secondary N) is 2. The number of carbonyl (C=O) groups is 1. The van der Waals surface area contributed by atoms with Crippen molar-refractivity contribution in [3.05, 3.63) is 51.9 Å². The van der Waals surface area contributed by atoms with Crippen molar-refractivity contribution in [1.82, 2.24) is 19.9 Å². The predicted molar refractivity (Wildman–Crippen MR) is 107 cm³/mol. The molecule has 2 unspecified atom stereocenters. The fraction of sp³-hybridized carbons (Fsp3) is 0.300. The van der Waals surface area contributed by atoms with Crippen molar-refractivity contribution >= 4 is 34.5 Å². The molecule has 1 amide bonds. The van der Waals surface area contributed by atoms with Crippen molar-refractivity contribution in [3.63, 3.8) is 0 Å². The van der Waals surface area contributed by atoms with Crippen LogP contribution in [-0.2, 0) is 4.79 Å². The number of H-pyrrole nitrogens is 1. The SMILES string of the molecule is CC(=O)N1CC2C(C1)C2Nc1ncc2cc(-c3ccccc3Cl)c(=O)[nH]c2n1. The van der Waals surface area contributed by atoms with E-state index in [0.29, 0.717) is 39.6 Å². The molecule has 7 nitrogen and oxygen atoms in total. The van der Waals surface area contributed by atoms with Crippen molar-refractivity contribution in [2.45, 2.75) is 13.0 Å². The van der Waals surface area contributed by atoms with Gasteiger partial charge < -0.3 is 15.2 Å². The Bertz CT molecular complexity index is 1150. The van der Waals surface area contributed by atoms with Crippen molar-refractivity contribution in [3.8, 4) is 11.1 Å². The first-order chi connectivity index (χ1) is 13.5. The molecule has 1 saturated carbocycles. The number of hydrogen-bond donors (Lipinski definition) is 2. The highest BCUT2D eigenvalue weighted by molar-refractivity contribution is 6.33. The van der Waals surface area contributed by atoms with Gasteiger partial charge in [-0.2, -0.15) is 4.98 Å². The Kier molecular flexibility index (Phi) is 3.87. The van der Waals surface area contributed by atoms with Crippen molar-refractivity contribution in [1.29, 1.82) is 0 Å². The maximum Gasteiger partial charge on any atom is 0.257 e. The van der Waals surface area contributed by atoms with Gasteiger partial charge in [-0.05, 0) is 12.1 Å². The molecule has 2 aliphatic rings. The minimum Gasteiger partial charge on any atom is -0.351 e. The second kappa shape index (κ2) is 6.31. The van der Waals surface area contributed by atoms with E-state index in [0.717, 1.165) is 18.5 Å². The summed E-state index contributed by atoms with van der Waals surface area (Å²) in [5.74, 6) is 1.51. The van der Waals surface area contributed by atoms with Crippen LogP contribution in [0.4, 0.5) is 5.95 Å². The normalized spacial score (nSPS) is 22.9. The molecule has 2 N–H and O–H groups in total. The fourth-order valence-electron chi connectivity index (χ4n) is 4.09. The van der Waals surface area contributed by atoms with Gasteiger partial charge in [-0.3, -0.25) is 9.59 Å². The zero-order valence-corrected chi connectivity index (χ0v) is 15.9. The highest BCUT2D eigenvalue weighted by atomic mass is 35.5. The summed E-state index contributed by atoms with van der Waals surface area (Å²) in [7, 11) is 0. The van der Waals surface area contributed by atoms with Crippen LogP contribution in [0.15, 0.2) is 41.3 Å². The number of halogens is 1. The van der Waals surface area contributed by atoms with E-state index in [1.807, 2.05) is 23.1 Å². The summed E-state index contributed by atoms with van der Waals surface area (Å²) in [6, 6.07) is 9.27. The number of amides is 1. The summed E-state index contributed by atoms with van der Waals surface area (Å²) in [5, 5.41) is 4.60. The lowest BCUT2D eigenvalue weighted by Crippen LogP contribution is -2.31. The zero-order chi connectivity index (χ0) is 19.4. The molecule has 0 bridgehead atoms. The molecule has 142 valence electrons. The molecule has 1 saturated heterocycles.